The zero-order valence-electron chi connectivity index (χ0n) is 10.3. The Morgan fingerprint density at radius 2 is 2.32 bits per heavy atom. The number of amides is 1. The Kier molecular flexibility index (Phi) is 4.90. The van der Waals surface area contributed by atoms with Crippen LogP contribution in [0.5, 0.6) is 0 Å². The Bertz CT molecular complexity index is 469. The summed E-state index contributed by atoms with van der Waals surface area (Å²) < 4.78 is 9.55. The Morgan fingerprint density at radius 3 is 2.79 bits per heavy atom. The van der Waals surface area contributed by atoms with Crippen LogP contribution in [0.15, 0.2) is 16.9 Å². The number of carbonyl (C=O) groups is 3. The molecule has 0 aliphatic carbocycles. The van der Waals surface area contributed by atoms with Gasteiger partial charge in [-0.05, 0) is 11.6 Å². The molecule has 0 spiro atoms. The van der Waals surface area contributed by atoms with Crippen molar-refractivity contribution in [2.75, 3.05) is 7.11 Å². The average molecular weight is 268 g/mol. The second kappa shape index (κ2) is 6.41. The summed E-state index contributed by atoms with van der Waals surface area (Å²) in [5.41, 5.74) is 8.48. The molecule has 1 unspecified atom stereocenters. The van der Waals surface area contributed by atoms with Crippen molar-refractivity contribution in [3.8, 4) is 0 Å². The molecule has 9 nitrogen and oxygen atoms in total. The maximum absolute atomic E-state index is 11.4. The molecule has 1 aliphatic heterocycles. The van der Waals surface area contributed by atoms with E-state index in [0.29, 0.717) is 6.29 Å². The Hall–Kier alpha value is -2.54. The number of hydrogen-bond donors (Lipinski definition) is 1. The van der Waals surface area contributed by atoms with Crippen molar-refractivity contribution in [3.05, 3.63) is 22.3 Å². The molecule has 19 heavy (non-hydrogen) atoms. The van der Waals surface area contributed by atoms with Gasteiger partial charge in [0, 0.05) is 11.8 Å². The number of nitrogens with zero attached hydrogens (tertiary/aromatic N) is 3. The summed E-state index contributed by atoms with van der Waals surface area (Å²) in [4.78, 5) is 36.0. The van der Waals surface area contributed by atoms with Gasteiger partial charge in [-0.15, -0.1) is 0 Å². The topological polar surface area (TPSA) is 130 Å². The zero-order chi connectivity index (χ0) is 14.4. The van der Waals surface area contributed by atoms with E-state index in [4.69, 9.17) is 10.3 Å². The molecule has 9 heteroatoms. The lowest BCUT2D eigenvalue weighted by molar-refractivity contribution is -0.143. The molecule has 1 N–H and O–H groups in total. The molecule has 0 saturated carbocycles. The first-order chi connectivity index (χ1) is 9.03. The predicted octanol–water partition coefficient (Wildman–Crippen LogP) is -0.175. The Morgan fingerprint density at radius 1 is 1.63 bits per heavy atom. The summed E-state index contributed by atoms with van der Waals surface area (Å²) in [7, 11) is 1.14. The van der Waals surface area contributed by atoms with Gasteiger partial charge in [0.15, 0.2) is 12.4 Å². The largest absolute Gasteiger partial charge is 0.474 e. The molecule has 0 aromatic rings. The Labute approximate surface area is 108 Å². The van der Waals surface area contributed by atoms with Crippen LogP contribution in [0.3, 0.4) is 0 Å². The molecule has 102 valence electrons. The lowest BCUT2D eigenvalue weighted by atomic mass is 9.99. The number of esters is 1. The van der Waals surface area contributed by atoms with Gasteiger partial charge in [0.05, 0.1) is 19.2 Å². The third kappa shape index (κ3) is 3.46. The van der Waals surface area contributed by atoms with Crippen molar-refractivity contribution >= 4 is 18.2 Å². The summed E-state index contributed by atoms with van der Waals surface area (Å²) in [6.07, 6.45) is 0.473. The van der Waals surface area contributed by atoms with Crippen molar-refractivity contribution in [2.24, 2.45) is 5.11 Å². The van der Waals surface area contributed by atoms with E-state index in [-0.39, 0.29) is 5.76 Å². The maximum atomic E-state index is 11.4. The first kappa shape index (κ1) is 14.5. The van der Waals surface area contributed by atoms with Crippen molar-refractivity contribution < 1.29 is 23.9 Å². The van der Waals surface area contributed by atoms with Crippen LogP contribution in [0.4, 0.5) is 0 Å². The number of aldehydes is 1. The number of carbonyl (C=O) groups excluding carboxylic acids is 3. The van der Waals surface area contributed by atoms with Crippen LogP contribution in [-0.2, 0) is 23.9 Å². The quantitative estimate of drug-likeness (QED) is 0.248. The van der Waals surface area contributed by atoms with E-state index in [9.17, 15) is 14.4 Å². The van der Waals surface area contributed by atoms with Crippen LogP contribution in [-0.4, -0.2) is 43.5 Å². The van der Waals surface area contributed by atoms with Gasteiger partial charge >= 0.3 is 5.97 Å². The molecule has 0 aromatic heterocycles. The lowest BCUT2D eigenvalue weighted by Gasteiger charge is -2.32. The van der Waals surface area contributed by atoms with E-state index < -0.39 is 30.1 Å². The van der Waals surface area contributed by atoms with Crippen molar-refractivity contribution in [2.45, 2.75) is 25.1 Å². The fourth-order valence-electron chi connectivity index (χ4n) is 1.61. The van der Waals surface area contributed by atoms with Crippen LogP contribution in [0.1, 0.15) is 6.92 Å². The molecule has 0 bridgehead atoms. The fraction of sp³-hybridized carbons (Fsp3) is 0.500. The molecule has 1 heterocycles. The lowest BCUT2D eigenvalue weighted by Crippen LogP contribution is -2.53. The standard InChI is InChI=1S/C10H12N4O5/c1-5(16)12-9-6(13-14-11)3-7(10(17)18-2)19-8(9)4-15/h3-4,6,8-9H,1-2H3,(H,12,16)/t6-,8?,9+/m0/s1. The minimum Gasteiger partial charge on any atom is -0.474 e. The summed E-state index contributed by atoms with van der Waals surface area (Å²) in [5, 5.41) is 5.86. The smallest absolute Gasteiger partial charge is 0.373 e. The van der Waals surface area contributed by atoms with Crippen molar-refractivity contribution in [1.29, 1.82) is 0 Å². The normalized spacial score (nSPS) is 25.2. The first-order valence-corrected chi connectivity index (χ1v) is 5.27. The highest BCUT2D eigenvalue weighted by Crippen LogP contribution is 2.20. The predicted molar refractivity (Wildman–Crippen MR) is 61.6 cm³/mol. The van der Waals surface area contributed by atoms with Crippen molar-refractivity contribution in [3.63, 3.8) is 0 Å². The van der Waals surface area contributed by atoms with Gasteiger partial charge in [0.25, 0.3) is 0 Å². The Balaban J connectivity index is 3.12. The zero-order valence-corrected chi connectivity index (χ0v) is 10.3. The number of nitrogens with one attached hydrogen (secondary N) is 1. The molecule has 3 atom stereocenters. The minimum absolute atomic E-state index is 0.237. The van der Waals surface area contributed by atoms with Gasteiger partial charge in [-0.25, -0.2) is 4.79 Å². The number of hydrogen-bond acceptors (Lipinski definition) is 6. The van der Waals surface area contributed by atoms with Gasteiger partial charge in [-0.2, -0.15) is 0 Å². The highest BCUT2D eigenvalue weighted by atomic mass is 16.6. The van der Waals surface area contributed by atoms with Crippen LogP contribution >= 0.6 is 0 Å². The van der Waals surface area contributed by atoms with Gasteiger partial charge in [-0.1, -0.05) is 5.11 Å². The highest BCUT2D eigenvalue weighted by molar-refractivity contribution is 5.87. The van der Waals surface area contributed by atoms with E-state index in [1.54, 1.807) is 0 Å². The molecule has 1 rings (SSSR count). The molecular weight excluding hydrogens is 256 g/mol. The SMILES string of the molecule is COC(=O)C1=C[C@H](N=[N+]=[N-])[C@@H](NC(C)=O)C(C=O)O1. The number of methoxy groups -OCH3 is 1. The number of azide groups is 1. The minimum atomic E-state index is -1.14. The molecule has 1 amide bonds. The second-order valence-electron chi connectivity index (χ2n) is 3.66. The van der Waals surface area contributed by atoms with E-state index in [2.05, 4.69) is 20.1 Å². The second-order valence-corrected chi connectivity index (χ2v) is 3.66. The summed E-state index contributed by atoms with van der Waals surface area (Å²) in [6.45, 7) is 1.24. The van der Waals surface area contributed by atoms with Crippen LogP contribution < -0.4 is 5.32 Å². The van der Waals surface area contributed by atoms with Gasteiger partial charge in [0.1, 0.15) is 0 Å². The molecule has 0 fully saturated rings. The molecule has 1 aliphatic rings. The highest BCUT2D eigenvalue weighted by Gasteiger charge is 2.37. The van der Waals surface area contributed by atoms with E-state index in [0.717, 1.165) is 7.11 Å². The van der Waals surface area contributed by atoms with Gasteiger partial charge in [-0.3, -0.25) is 9.59 Å². The van der Waals surface area contributed by atoms with Crippen molar-refractivity contribution in [1.82, 2.24) is 5.32 Å². The summed E-state index contributed by atoms with van der Waals surface area (Å²) in [5.74, 6) is -1.46. The van der Waals surface area contributed by atoms with E-state index in [1.807, 2.05) is 0 Å². The first-order valence-electron chi connectivity index (χ1n) is 5.27. The monoisotopic (exact) mass is 268 g/mol. The van der Waals surface area contributed by atoms with Crippen LogP contribution in [0.2, 0.25) is 0 Å². The third-order valence-electron chi connectivity index (χ3n) is 2.38. The molecule has 0 radical (unpaired) electrons. The van der Waals surface area contributed by atoms with Crippen LogP contribution in [0, 0.1) is 0 Å². The number of rotatable bonds is 4. The van der Waals surface area contributed by atoms with E-state index >= 15 is 0 Å². The summed E-state index contributed by atoms with van der Waals surface area (Å²) in [6, 6.07) is -1.80. The molecular formula is C10H12N4O5. The van der Waals surface area contributed by atoms with E-state index in [1.165, 1.54) is 13.0 Å². The van der Waals surface area contributed by atoms with Crippen LogP contribution in [0.25, 0.3) is 10.4 Å². The van der Waals surface area contributed by atoms with Gasteiger partial charge in [0.2, 0.25) is 11.7 Å². The molecule has 0 aromatic carbocycles. The summed E-state index contributed by atoms with van der Waals surface area (Å²) >= 11 is 0. The number of ether oxygens (including phenoxy) is 2. The average Bonchev–Trinajstić information content (AvgIpc) is 2.39. The fourth-order valence-corrected chi connectivity index (χ4v) is 1.61. The van der Waals surface area contributed by atoms with Gasteiger partial charge < -0.3 is 14.8 Å². The maximum Gasteiger partial charge on any atom is 0.373 e. The molecule has 0 saturated heterocycles. The third-order valence-corrected chi connectivity index (χ3v) is 2.38.